The number of carbonyl (C=O) groups excluding carboxylic acids is 1. The molecule has 0 aliphatic carbocycles. The van der Waals surface area contributed by atoms with Gasteiger partial charge in [-0.05, 0) is 50.4 Å². The third-order valence-corrected chi connectivity index (χ3v) is 3.81. The standard InChI is InChI=1S/C12H14Br2N2O3/c1-7(11(17)18)5-6-15-12(19)16-10-8(13)3-2-4-9(10)14/h2-4,7H,5-6H2,1H3,(H,17,18)(H2,15,16,19). The van der Waals surface area contributed by atoms with Crippen LogP contribution < -0.4 is 10.6 Å². The molecule has 0 radical (unpaired) electrons. The average molecular weight is 394 g/mol. The zero-order valence-corrected chi connectivity index (χ0v) is 13.4. The Kier molecular flexibility index (Phi) is 6.30. The fraction of sp³-hybridized carbons (Fsp3) is 0.333. The van der Waals surface area contributed by atoms with Crippen molar-refractivity contribution in [3.05, 3.63) is 27.1 Å². The summed E-state index contributed by atoms with van der Waals surface area (Å²) < 4.78 is 1.52. The Hall–Kier alpha value is -1.08. The van der Waals surface area contributed by atoms with E-state index in [2.05, 4.69) is 42.5 Å². The van der Waals surface area contributed by atoms with Gasteiger partial charge in [0.05, 0.1) is 11.6 Å². The summed E-state index contributed by atoms with van der Waals surface area (Å²) in [5.74, 6) is -1.34. The summed E-state index contributed by atoms with van der Waals surface area (Å²) in [5.41, 5.74) is 0.631. The number of halogens is 2. The van der Waals surface area contributed by atoms with Crippen LogP contribution in [0.5, 0.6) is 0 Å². The monoisotopic (exact) mass is 392 g/mol. The number of hydrogen-bond donors (Lipinski definition) is 3. The molecule has 0 aliphatic rings. The Bertz CT molecular complexity index is 460. The minimum atomic E-state index is -0.865. The van der Waals surface area contributed by atoms with E-state index >= 15 is 0 Å². The summed E-state index contributed by atoms with van der Waals surface area (Å²) in [4.78, 5) is 22.3. The highest BCUT2D eigenvalue weighted by Gasteiger charge is 2.12. The number of benzene rings is 1. The maximum atomic E-state index is 11.7. The highest BCUT2D eigenvalue weighted by molar-refractivity contribution is 9.11. The molecule has 2 amide bonds. The molecule has 0 aliphatic heterocycles. The maximum absolute atomic E-state index is 11.7. The lowest BCUT2D eigenvalue weighted by atomic mass is 10.1. The van der Waals surface area contributed by atoms with Crippen molar-refractivity contribution >= 4 is 49.5 Å². The van der Waals surface area contributed by atoms with Gasteiger partial charge in [-0.1, -0.05) is 13.0 Å². The molecular weight excluding hydrogens is 380 g/mol. The van der Waals surface area contributed by atoms with Crippen LogP contribution in [0, 0.1) is 5.92 Å². The van der Waals surface area contributed by atoms with Crippen LogP contribution in [-0.2, 0) is 4.79 Å². The second kappa shape index (κ2) is 7.49. The number of aliphatic carboxylic acids is 1. The summed E-state index contributed by atoms with van der Waals surface area (Å²) in [6.45, 7) is 1.91. The lowest BCUT2D eigenvalue weighted by molar-refractivity contribution is -0.141. The molecule has 0 bridgehead atoms. The van der Waals surface area contributed by atoms with Crippen LogP contribution in [0.15, 0.2) is 27.1 Å². The Morgan fingerprint density at radius 1 is 1.32 bits per heavy atom. The zero-order valence-electron chi connectivity index (χ0n) is 10.2. The van der Waals surface area contributed by atoms with Crippen LogP contribution in [0.3, 0.4) is 0 Å². The van der Waals surface area contributed by atoms with Gasteiger partial charge in [-0.15, -0.1) is 0 Å². The predicted octanol–water partition coefficient (Wildman–Crippen LogP) is 3.44. The third-order valence-electron chi connectivity index (χ3n) is 2.49. The van der Waals surface area contributed by atoms with E-state index in [-0.39, 0.29) is 6.03 Å². The number of nitrogens with one attached hydrogen (secondary N) is 2. The molecule has 0 saturated carbocycles. The summed E-state index contributed by atoms with van der Waals surface area (Å²) in [5, 5.41) is 14.0. The molecule has 1 rings (SSSR count). The summed E-state index contributed by atoms with van der Waals surface area (Å²) in [6.07, 6.45) is 0.389. The average Bonchev–Trinajstić information content (AvgIpc) is 2.33. The van der Waals surface area contributed by atoms with Crippen molar-refractivity contribution in [1.82, 2.24) is 5.32 Å². The van der Waals surface area contributed by atoms with Gasteiger partial charge >= 0.3 is 12.0 Å². The normalized spacial score (nSPS) is 11.7. The smallest absolute Gasteiger partial charge is 0.319 e. The van der Waals surface area contributed by atoms with Gasteiger partial charge in [-0.2, -0.15) is 0 Å². The molecule has 0 aromatic heterocycles. The predicted molar refractivity (Wildman–Crippen MR) is 80.3 cm³/mol. The number of amides is 2. The van der Waals surface area contributed by atoms with Gasteiger partial charge in [0, 0.05) is 15.5 Å². The van der Waals surface area contributed by atoms with E-state index in [9.17, 15) is 9.59 Å². The molecular formula is C12H14Br2N2O3. The molecule has 1 aromatic rings. The number of carboxylic acid groups (broad SMARTS) is 1. The molecule has 1 aromatic carbocycles. The van der Waals surface area contributed by atoms with E-state index in [1.54, 1.807) is 6.92 Å². The number of carboxylic acids is 1. The van der Waals surface area contributed by atoms with Gasteiger partial charge in [-0.3, -0.25) is 4.79 Å². The lowest BCUT2D eigenvalue weighted by Gasteiger charge is -2.11. The number of rotatable bonds is 5. The van der Waals surface area contributed by atoms with Crippen LogP contribution in [0.1, 0.15) is 13.3 Å². The Morgan fingerprint density at radius 2 is 1.89 bits per heavy atom. The van der Waals surface area contributed by atoms with Gasteiger partial charge in [0.2, 0.25) is 0 Å². The number of urea groups is 1. The minimum Gasteiger partial charge on any atom is -0.481 e. The maximum Gasteiger partial charge on any atom is 0.319 e. The van der Waals surface area contributed by atoms with Crippen molar-refractivity contribution in [3.63, 3.8) is 0 Å². The highest BCUT2D eigenvalue weighted by Crippen LogP contribution is 2.30. The van der Waals surface area contributed by atoms with Crippen molar-refractivity contribution < 1.29 is 14.7 Å². The molecule has 3 N–H and O–H groups in total. The van der Waals surface area contributed by atoms with Gasteiger partial charge in [0.25, 0.3) is 0 Å². The lowest BCUT2D eigenvalue weighted by Crippen LogP contribution is -2.31. The third kappa shape index (κ3) is 5.20. The van der Waals surface area contributed by atoms with Crippen molar-refractivity contribution in [2.45, 2.75) is 13.3 Å². The quantitative estimate of drug-likeness (QED) is 0.716. The van der Waals surface area contributed by atoms with Gasteiger partial charge in [0.15, 0.2) is 0 Å². The number of anilines is 1. The van der Waals surface area contributed by atoms with Crippen LogP contribution in [0.2, 0.25) is 0 Å². The Morgan fingerprint density at radius 3 is 2.42 bits per heavy atom. The molecule has 1 atom stereocenters. The second-order valence-corrected chi connectivity index (χ2v) is 5.71. The summed E-state index contributed by atoms with van der Waals surface area (Å²) in [6, 6.07) is 5.09. The zero-order chi connectivity index (χ0) is 14.4. The van der Waals surface area contributed by atoms with Gasteiger partial charge in [-0.25, -0.2) is 4.79 Å². The topological polar surface area (TPSA) is 78.4 Å². The van der Waals surface area contributed by atoms with E-state index in [1.807, 2.05) is 18.2 Å². The van der Waals surface area contributed by atoms with Gasteiger partial charge in [0.1, 0.15) is 0 Å². The van der Waals surface area contributed by atoms with E-state index < -0.39 is 11.9 Å². The van der Waals surface area contributed by atoms with Crippen molar-refractivity contribution in [2.75, 3.05) is 11.9 Å². The molecule has 5 nitrogen and oxygen atoms in total. The van der Waals surface area contributed by atoms with Crippen molar-refractivity contribution in [1.29, 1.82) is 0 Å². The molecule has 104 valence electrons. The summed E-state index contributed by atoms with van der Waals surface area (Å²) in [7, 11) is 0. The Labute approximate surface area is 128 Å². The first-order valence-corrected chi connectivity index (χ1v) is 7.22. The molecule has 0 heterocycles. The van der Waals surface area contributed by atoms with E-state index in [1.165, 1.54) is 0 Å². The van der Waals surface area contributed by atoms with Crippen molar-refractivity contribution in [3.8, 4) is 0 Å². The van der Waals surface area contributed by atoms with Crippen molar-refractivity contribution in [2.24, 2.45) is 5.92 Å². The largest absolute Gasteiger partial charge is 0.481 e. The molecule has 1 unspecified atom stereocenters. The minimum absolute atomic E-state index is 0.307. The molecule has 7 heteroatoms. The van der Waals surface area contributed by atoms with E-state index in [4.69, 9.17) is 5.11 Å². The van der Waals surface area contributed by atoms with Crippen LogP contribution in [-0.4, -0.2) is 23.7 Å². The fourth-order valence-corrected chi connectivity index (χ4v) is 2.50. The fourth-order valence-electron chi connectivity index (χ4n) is 1.30. The Balaban J connectivity index is 2.46. The van der Waals surface area contributed by atoms with Gasteiger partial charge < -0.3 is 15.7 Å². The molecule has 19 heavy (non-hydrogen) atoms. The van der Waals surface area contributed by atoms with Crippen LogP contribution in [0.25, 0.3) is 0 Å². The van der Waals surface area contributed by atoms with E-state index in [0.29, 0.717) is 18.7 Å². The SMILES string of the molecule is CC(CCNC(=O)Nc1c(Br)cccc1Br)C(=O)O. The number of hydrogen-bond acceptors (Lipinski definition) is 2. The van der Waals surface area contributed by atoms with E-state index in [0.717, 1.165) is 8.95 Å². The highest BCUT2D eigenvalue weighted by atomic mass is 79.9. The second-order valence-electron chi connectivity index (χ2n) is 4.01. The molecule has 0 fully saturated rings. The first kappa shape index (κ1) is 16.0. The number of para-hydroxylation sites is 1. The van der Waals surface area contributed by atoms with Crippen LogP contribution >= 0.6 is 31.9 Å². The number of carbonyl (C=O) groups is 2. The molecule has 0 spiro atoms. The first-order chi connectivity index (χ1) is 8.91. The van der Waals surface area contributed by atoms with Crippen LogP contribution in [0.4, 0.5) is 10.5 Å². The first-order valence-electron chi connectivity index (χ1n) is 5.63. The molecule has 0 saturated heterocycles. The summed E-state index contributed by atoms with van der Waals surface area (Å²) >= 11 is 6.67.